The Hall–Kier alpha value is -2.21. The van der Waals surface area contributed by atoms with Crippen molar-refractivity contribution in [2.75, 3.05) is 93.5 Å². The van der Waals surface area contributed by atoms with Gasteiger partial charge in [0.05, 0.1) is 66.1 Å². The zero-order valence-corrected chi connectivity index (χ0v) is 22.0. The third kappa shape index (κ3) is 18.1. The molecular weight excluding hydrogens is 472 g/mol. The number of ether oxygens (including phenoxy) is 9. The standard InChI is InChI=1S/C26H42O10/c1-22(36-23(2)27)5-6-24-19-25(34-17-15-32-13-11-30-9-7-28-3)21-26(20-24)35-18-16-33-14-12-31-10-8-29-4/h5-6,19-22H,7-18H2,1-4H3/b6-5+/t22-/m1/s1. The van der Waals surface area contributed by atoms with Gasteiger partial charge in [-0.05, 0) is 30.7 Å². The van der Waals surface area contributed by atoms with Gasteiger partial charge in [-0.1, -0.05) is 6.08 Å². The van der Waals surface area contributed by atoms with Crippen LogP contribution in [-0.2, 0) is 38.0 Å². The van der Waals surface area contributed by atoms with E-state index in [9.17, 15) is 4.79 Å². The van der Waals surface area contributed by atoms with Gasteiger partial charge in [0.25, 0.3) is 0 Å². The van der Waals surface area contributed by atoms with E-state index in [1.54, 1.807) is 27.2 Å². The minimum Gasteiger partial charge on any atom is -0.491 e. The molecule has 36 heavy (non-hydrogen) atoms. The van der Waals surface area contributed by atoms with Crippen molar-refractivity contribution in [2.45, 2.75) is 20.0 Å². The number of benzene rings is 1. The molecule has 1 aromatic rings. The maximum atomic E-state index is 11.1. The first-order valence-corrected chi connectivity index (χ1v) is 12.1. The zero-order valence-electron chi connectivity index (χ0n) is 22.0. The van der Waals surface area contributed by atoms with Gasteiger partial charge in [-0.15, -0.1) is 0 Å². The molecule has 10 nitrogen and oxygen atoms in total. The Labute approximate surface area is 214 Å². The molecule has 0 aliphatic rings. The normalized spacial score (nSPS) is 12.1. The third-order valence-corrected chi connectivity index (χ3v) is 4.41. The molecule has 0 amide bonds. The predicted molar refractivity (Wildman–Crippen MR) is 135 cm³/mol. The third-order valence-electron chi connectivity index (χ3n) is 4.41. The number of carbonyl (C=O) groups is 1. The van der Waals surface area contributed by atoms with Crippen LogP contribution in [0.1, 0.15) is 19.4 Å². The first-order chi connectivity index (χ1) is 17.5. The molecule has 0 aliphatic heterocycles. The van der Waals surface area contributed by atoms with Crippen LogP contribution in [0.4, 0.5) is 0 Å². The molecule has 206 valence electrons. The van der Waals surface area contributed by atoms with Gasteiger partial charge in [0, 0.05) is 27.2 Å². The average Bonchev–Trinajstić information content (AvgIpc) is 2.85. The lowest BCUT2D eigenvalue weighted by molar-refractivity contribution is -0.143. The van der Waals surface area contributed by atoms with E-state index in [2.05, 4.69) is 0 Å². The van der Waals surface area contributed by atoms with Crippen molar-refractivity contribution in [3.63, 3.8) is 0 Å². The molecule has 10 heteroatoms. The SMILES string of the molecule is COCCOCCOCCOc1cc(/C=C/[C@@H](C)OC(C)=O)cc(OCCOCCOCCOC)c1. The molecular formula is C26H42O10. The van der Waals surface area contributed by atoms with Crippen molar-refractivity contribution in [3.8, 4) is 11.5 Å². The van der Waals surface area contributed by atoms with Crippen LogP contribution >= 0.6 is 0 Å². The van der Waals surface area contributed by atoms with E-state index in [4.69, 9.17) is 42.6 Å². The van der Waals surface area contributed by atoms with Crippen molar-refractivity contribution in [1.82, 2.24) is 0 Å². The van der Waals surface area contributed by atoms with E-state index in [0.29, 0.717) is 90.8 Å². The predicted octanol–water partition coefficient (Wildman–Crippen LogP) is 2.77. The highest BCUT2D eigenvalue weighted by molar-refractivity contribution is 5.66. The Morgan fingerprint density at radius 2 is 1.11 bits per heavy atom. The van der Waals surface area contributed by atoms with Gasteiger partial charge >= 0.3 is 5.97 Å². The number of carbonyl (C=O) groups excluding carboxylic acids is 1. The van der Waals surface area contributed by atoms with E-state index >= 15 is 0 Å². The number of hydrogen-bond acceptors (Lipinski definition) is 10. The lowest BCUT2D eigenvalue weighted by Gasteiger charge is -2.12. The van der Waals surface area contributed by atoms with Crippen LogP contribution in [-0.4, -0.2) is 106 Å². The maximum Gasteiger partial charge on any atom is 0.303 e. The minimum absolute atomic E-state index is 0.332. The fourth-order valence-corrected chi connectivity index (χ4v) is 2.77. The van der Waals surface area contributed by atoms with Crippen molar-refractivity contribution in [2.24, 2.45) is 0 Å². The second-order valence-electron chi connectivity index (χ2n) is 7.54. The zero-order chi connectivity index (χ0) is 26.3. The Morgan fingerprint density at radius 3 is 1.53 bits per heavy atom. The second kappa shape index (κ2) is 22.0. The van der Waals surface area contributed by atoms with Gasteiger partial charge in [-0.25, -0.2) is 0 Å². The smallest absolute Gasteiger partial charge is 0.303 e. The monoisotopic (exact) mass is 514 g/mol. The molecule has 0 aromatic heterocycles. The summed E-state index contributed by atoms with van der Waals surface area (Å²) >= 11 is 0. The topological polar surface area (TPSA) is 100 Å². The summed E-state index contributed by atoms with van der Waals surface area (Å²) in [5, 5.41) is 0. The first-order valence-electron chi connectivity index (χ1n) is 12.1. The number of hydrogen-bond donors (Lipinski definition) is 0. The lowest BCUT2D eigenvalue weighted by Crippen LogP contribution is -2.13. The number of rotatable bonds is 23. The Kier molecular flexibility index (Phi) is 19.5. The van der Waals surface area contributed by atoms with Crippen molar-refractivity contribution in [1.29, 1.82) is 0 Å². The molecule has 0 saturated heterocycles. The van der Waals surface area contributed by atoms with Crippen molar-refractivity contribution < 1.29 is 47.4 Å². The van der Waals surface area contributed by atoms with Crippen LogP contribution in [0, 0.1) is 0 Å². The van der Waals surface area contributed by atoms with Gasteiger partial charge in [-0.3, -0.25) is 4.79 Å². The fourth-order valence-electron chi connectivity index (χ4n) is 2.77. The molecule has 1 aromatic carbocycles. The van der Waals surface area contributed by atoms with E-state index in [0.717, 1.165) is 5.56 Å². The summed E-state index contributed by atoms with van der Waals surface area (Å²) in [5.74, 6) is 0.945. The largest absolute Gasteiger partial charge is 0.491 e. The van der Waals surface area contributed by atoms with Crippen LogP contribution in [0.3, 0.4) is 0 Å². The van der Waals surface area contributed by atoms with Crippen LogP contribution in [0.25, 0.3) is 6.08 Å². The van der Waals surface area contributed by atoms with Crippen LogP contribution in [0.15, 0.2) is 24.3 Å². The molecule has 0 bridgehead atoms. The van der Waals surface area contributed by atoms with Gasteiger partial charge in [0.15, 0.2) is 0 Å². The molecule has 0 N–H and O–H groups in total. The maximum absolute atomic E-state index is 11.1. The summed E-state index contributed by atoms with van der Waals surface area (Å²) in [7, 11) is 3.27. The summed E-state index contributed by atoms with van der Waals surface area (Å²) in [4.78, 5) is 11.1. The van der Waals surface area contributed by atoms with Gasteiger partial charge < -0.3 is 42.6 Å². The Balaban J connectivity index is 2.51. The fraction of sp³-hybridized carbons (Fsp3) is 0.654. The Morgan fingerprint density at radius 1 is 0.694 bits per heavy atom. The molecule has 0 unspecified atom stereocenters. The molecule has 0 radical (unpaired) electrons. The number of esters is 1. The summed E-state index contributed by atoms with van der Waals surface area (Å²) in [6, 6.07) is 5.58. The summed E-state index contributed by atoms with van der Waals surface area (Å²) < 4.78 is 48.5. The van der Waals surface area contributed by atoms with Crippen LogP contribution in [0.2, 0.25) is 0 Å². The summed E-state index contributed by atoms with van der Waals surface area (Å²) in [5.41, 5.74) is 0.849. The minimum atomic E-state index is -0.351. The van der Waals surface area contributed by atoms with Gasteiger partial charge in [-0.2, -0.15) is 0 Å². The van der Waals surface area contributed by atoms with Crippen LogP contribution < -0.4 is 9.47 Å². The number of methoxy groups -OCH3 is 2. The van der Waals surface area contributed by atoms with Gasteiger partial charge in [0.2, 0.25) is 0 Å². The Bertz CT molecular complexity index is 670. The molecule has 1 atom stereocenters. The molecule has 0 fully saturated rings. The molecule has 1 rings (SSSR count). The summed E-state index contributed by atoms with van der Waals surface area (Å²) in [6.45, 7) is 8.96. The van der Waals surface area contributed by atoms with Gasteiger partial charge in [0.1, 0.15) is 30.8 Å². The second-order valence-corrected chi connectivity index (χ2v) is 7.54. The van der Waals surface area contributed by atoms with Crippen molar-refractivity contribution in [3.05, 3.63) is 29.8 Å². The first kappa shape index (κ1) is 31.8. The highest BCUT2D eigenvalue weighted by atomic mass is 16.6. The molecule has 0 saturated carbocycles. The van der Waals surface area contributed by atoms with E-state index in [-0.39, 0.29) is 12.1 Å². The molecule has 0 spiro atoms. The van der Waals surface area contributed by atoms with Crippen LogP contribution in [0.5, 0.6) is 11.5 Å². The molecule has 0 heterocycles. The van der Waals surface area contributed by atoms with E-state index in [1.807, 2.05) is 24.3 Å². The quantitative estimate of drug-likeness (QED) is 0.160. The highest BCUT2D eigenvalue weighted by Crippen LogP contribution is 2.24. The summed E-state index contributed by atoms with van der Waals surface area (Å²) in [6.07, 6.45) is 3.30. The highest BCUT2D eigenvalue weighted by Gasteiger charge is 2.05. The van der Waals surface area contributed by atoms with Crippen molar-refractivity contribution >= 4 is 12.0 Å². The lowest BCUT2D eigenvalue weighted by atomic mass is 10.1. The van der Waals surface area contributed by atoms with E-state index < -0.39 is 0 Å². The average molecular weight is 515 g/mol. The van der Waals surface area contributed by atoms with E-state index in [1.165, 1.54) is 6.92 Å². The molecule has 0 aliphatic carbocycles.